The Bertz CT molecular complexity index is 617. The van der Waals surface area contributed by atoms with E-state index in [-0.39, 0.29) is 0 Å². The van der Waals surface area contributed by atoms with Crippen LogP contribution in [0, 0.1) is 0 Å². The van der Waals surface area contributed by atoms with Gasteiger partial charge in [0.1, 0.15) is 5.75 Å². The molecule has 0 aliphatic carbocycles. The van der Waals surface area contributed by atoms with Gasteiger partial charge in [-0.2, -0.15) is 0 Å². The average molecular weight is 339 g/mol. The fraction of sp³-hybridized carbons (Fsp3) is 0.200. The lowest BCUT2D eigenvalue weighted by Gasteiger charge is -2.27. The number of halogens is 2. The highest BCUT2D eigenvalue weighted by molar-refractivity contribution is 9.10. The van der Waals surface area contributed by atoms with Crippen molar-refractivity contribution in [3.05, 3.63) is 63.1 Å². The van der Waals surface area contributed by atoms with Crippen LogP contribution < -0.4 is 10.5 Å². The Hall–Kier alpha value is -1.03. The van der Waals surface area contributed by atoms with Crippen molar-refractivity contribution in [1.82, 2.24) is 0 Å². The highest BCUT2D eigenvalue weighted by Gasteiger charge is 2.41. The van der Waals surface area contributed by atoms with E-state index in [1.165, 1.54) is 0 Å². The molecule has 0 aromatic heterocycles. The van der Waals surface area contributed by atoms with Crippen LogP contribution in [-0.2, 0) is 12.0 Å². The predicted octanol–water partition coefficient (Wildman–Crippen LogP) is 3.89. The molecule has 98 valence electrons. The van der Waals surface area contributed by atoms with E-state index >= 15 is 0 Å². The van der Waals surface area contributed by atoms with E-state index in [2.05, 4.69) is 15.9 Å². The highest BCUT2D eigenvalue weighted by atomic mass is 79.9. The molecule has 0 saturated heterocycles. The number of hydrogen-bond acceptors (Lipinski definition) is 2. The molecule has 0 saturated carbocycles. The van der Waals surface area contributed by atoms with Crippen molar-refractivity contribution in [3.63, 3.8) is 0 Å². The molecule has 2 N–H and O–H groups in total. The van der Waals surface area contributed by atoms with Crippen LogP contribution in [0.4, 0.5) is 0 Å². The Morgan fingerprint density at radius 3 is 2.63 bits per heavy atom. The van der Waals surface area contributed by atoms with Crippen LogP contribution in [0.25, 0.3) is 0 Å². The molecule has 1 aliphatic heterocycles. The molecule has 3 rings (SSSR count). The number of fused-ring (bicyclic) bond motifs is 1. The number of hydrogen-bond donors (Lipinski definition) is 1. The zero-order chi connectivity index (χ0) is 13.5. The second-order valence-electron chi connectivity index (χ2n) is 4.68. The van der Waals surface area contributed by atoms with Crippen LogP contribution in [-0.4, -0.2) is 6.54 Å². The van der Waals surface area contributed by atoms with Crippen molar-refractivity contribution < 1.29 is 4.74 Å². The molecule has 4 heteroatoms. The van der Waals surface area contributed by atoms with Crippen LogP contribution in [0.5, 0.6) is 5.75 Å². The quantitative estimate of drug-likeness (QED) is 0.901. The fourth-order valence-electron chi connectivity index (χ4n) is 2.50. The van der Waals surface area contributed by atoms with Gasteiger partial charge in [-0.05, 0) is 33.6 Å². The van der Waals surface area contributed by atoms with Crippen molar-refractivity contribution in [1.29, 1.82) is 0 Å². The predicted molar refractivity (Wildman–Crippen MR) is 80.7 cm³/mol. The topological polar surface area (TPSA) is 35.2 Å². The molecule has 2 nitrogen and oxygen atoms in total. The monoisotopic (exact) mass is 337 g/mol. The molecule has 19 heavy (non-hydrogen) atoms. The largest absolute Gasteiger partial charge is 0.481 e. The summed E-state index contributed by atoms with van der Waals surface area (Å²) < 4.78 is 7.05. The molecule has 1 heterocycles. The van der Waals surface area contributed by atoms with E-state index in [4.69, 9.17) is 22.1 Å². The third kappa shape index (κ3) is 2.06. The van der Waals surface area contributed by atoms with Gasteiger partial charge < -0.3 is 10.5 Å². The maximum absolute atomic E-state index is 6.15. The summed E-state index contributed by atoms with van der Waals surface area (Å²) in [5.41, 5.74) is 7.68. The van der Waals surface area contributed by atoms with E-state index in [0.717, 1.165) is 27.8 Å². The van der Waals surface area contributed by atoms with Crippen molar-refractivity contribution in [3.8, 4) is 5.75 Å². The van der Waals surface area contributed by atoms with Crippen LogP contribution in [0.3, 0.4) is 0 Å². The number of ether oxygens (including phenoxy) is 1. The molecule has 0 unspecified atom stereocenters. The molecular weight excluding hydrogens is 326 g/mol. The summed E-state index contributed by atoms with van der Waals surface area (Å²) in [7, 11) is 0. The third-order valence-corrected chi connectivity index (χ3v) is 5.00. The van der Waals surface area contributed by atoms with Gasteiger partial charge in [-0.25, -0.2) is 0 Å². The molecule has 1 aliphatic rings. The molecule has 1 atom stereocenters. The second-order valence-corrected chi connectivity index (χ2v) is 5.88. The van der Waals surface area contributed by atoms with Gasteiger partial charge in [-0.3, -0.25) is 0 Å². The minimum absolute atomic E-state index is 0.426. The van der Waals surface area contributed by atoms with E-state index in [0.29, 0.717) is 11.6 Å². The Balaban J connectivity index is 2.08. The summed E-state index contributed by atoms with van der Waals surface area (Å²) in [5.74, 6) is 0.852. The van der Waals surface area contributed by atoms with Gasteiger partial charge in [0, 0.05) is 23.0 Å². The van der Waals surface area contributed by atoms with Gasteiger partial charge in [-0.1, -0.05) is 41.9 Å². The molecule has 0 bridgehead atoms. The summed E-state index contributed by atoms with van der Waals surface area (Å²) in [4.78, 5) is 0. The molecule has 0 spiro atoms. The van der Waals surface area contributed by atoms with E-state index in [1.54, 1.807) is 0 Å². The zero-order valence-corrected chi connectivity index (χ0v) is 12.5. The van der Waals surface area contributed by atoms with Crippen LogP contribution >= 0.6 is 27.5 Å². The summed E-state index contributed by atoms with van der Waals surface area (Å²) in [6.45, 7) is 0.426. The van der Waals surface area contributed by atoms with Crippen molar-refractivity contribution >= 4 is 27.5 Å². The van der Waals surface area contributed by atoms with Gasteiger partial charge >= 0.3 is 0 Å². The Kier molecular flexibility index (Phi) is 3.29. The molecule has 0 fully saturated rings. The highest BCUT2D eigenvalue weighted by Crippen LogP contribution is 2.45. The van der Waals surface area contributed by atoms with Crippen LogP contribution in [0.2, 0.25) is 5.02 Å². The SMILES string of the molecule is NC[C@@]1(c2ccccc2)Cc2c(ccc(Cl)c2Br)O1. The number of rotatable bonds is 2. The summed E-state index contributed by atoms with van der Waals surface area (Å²) in [5, 5.41) is 0.697. The first-order valence-electron chi connectivity index (χ1n) is 6.08. The maximum atomic E-state index is 6.15. The van der Waals surface area contributed by atoms with E-state index < -0.39 is 5.60 Å². The smallest absolute Gasteiger partial charge is 0.150 e. The average Bonchev–Trinajstić information content (AvgIpc) is 2.85. The van der Waals surface area contributed by atoms with Gasteiger partial charge in [-0.15, -0.1) is 0 Å². The van der Waals surface area contributed by atoms with Gasteiger partial charge in [0.2, 0.25) is 0 Å². The first-order valence-corrected chi connectivity index (χ1v) is 7.25. The summed E-state index contributed by atoms with van der Waals surface area (Å²) in [6.07, 6.45) is 0.726. The van der Waals surface area contributed by atoms with Crippen molar-refractivity contribution in [2.24, 2.45) is 5.73 Å². The standard InChI is InChI=1S/C15H13BrClNO/c16-14-11-8-15(9-18,10-4-2-1-3-5-10)19-13(11)7-6-12(14)17/h1-7H,8-9,18H2/t15-/m1/s1. The van der Waals surface area contributed by atoms with Gasteiger partial charge in [0.25, 0.3) is 0 Å². The molecule has 2 aromatic rings. The lowest BCUT2D eigenvalue weighted by atomic mass is 9.89. The first-order chi connectivity index (χ1) is 9.16. The Morgan fingerprint density at radius 1 is 1.21 bits per heavy atom. The second kappa shape index (κ2) is 4.82. The van der Waals surface area contributed by atoms with E-state index in [1.807, 2.05) is 42.5 Å². The maximum Gasteiger partial charge on any atom is 0.150 e. The normalized spacial score (nSPS) is 21.0. The third-order valence-electron chi connectivity index (χ3n) is 3.55. The molecular formula is C15H13BrClNO. The molecule has 0 amide bonds. The van der Waals surface area contributed by atoms with Crippen LogP contribution in [0.15, 0.2) is 46.9 Å². The first kappa shape index (κ1) is 13.0. The molecule has 0 radical (unpaired) electrons. The lowest BCUT2D eigenvalue weighted by Crippen LogP contribution is -2.39. The Labute approximate surface area is 125 Å². The number of benzene rings is 2. The van der Waals surface area contributed by atoms with Gasteiger partial charge in [0.15, 0.2) is 5.60 Å². The zero-order valence-electron chi connectivity index (χ0n) is 10.2. The minimum Gasteiger partial charge on any atom is -0.481 e. The van der Waals surface area contributed by atoms with E-state index in [9.17, 15) is 0 Å². The van der Waals surface area contributed by atoms with Gasteiger partial charge in [0.05, 0.1) is 5.02 Å². The molecule has 2 aromatic carbocycles. The minimum atomic E-state index is -0.489. The lowest BCUT2D eigenvalue weighted by molar-refractivity contribution is 0.103. The van der Waals surface area contributed by atoms with Crippen molar-refractivity contribution in [2.45, 2.75) is 12.0 Å². The Morgan fingerprint density at radius 2 is 1.95 bits per heavy atom. The number of nitrogens with two attached hydrogens (primary N) is 1. The van der Waals surface area contributed by atoms with Crippen LogP contribution in [0.1, 0.15) is 11.1 Å². The summed E-state index contributed by atoms with van der Waals surface area (Å²) in [6, 6.07) is 13.8. The summed E-state index contributed by atoms with van der Waals surface area (Å²) >= 11 is 9.67. The van der Waals surface area contributed by atoms with Crippen molar-refractivity contribution in [2.75, 3.05) is 6.54 Å². The fourth-order valence-corrected chi connectivity index (χ4v) is 3.15.